The van der Waals surface area contributed by atoms with E-state index in [-0.39, 0.29) is 24.1 Å². The van der Waals surface area contributed by atoms with Crippen LogP contribution in [0, 0.1) is 0 Å². The minimum Gasteiger partial charge on any atom is -0.487 e. The molecule has 0 radical (unpaired) electrons. The van der Waals surface area contributed by atoms with Crippen molar-refractivity contribution in [2.45, 2.75) is 63.1 Å². The summed E-state index contributed by atoms with van der Waals surface area (Å²) in [6.45, 7) is 0.312. The van der Waals surface area contributed by atoms with Gasteiger partial charge in [-0.2, -0.15) is 0 Å². The first-order valence-corrected chi connectivity index (χ1v) is 12.3. The fraction of sp³-hybridized carbons (Fsp3) is 0.345. The zero-order valence-electron chi connectivity index (χ0n) is 19.5. The van der Waals surface area contributed by atoms with Crippen molar-refractivity contribution in [1.29, 1.82) is 0 Å². The highest BCUT2D eigenvalue weighted by atomic mass is 16.5. The lowest BCUT2D eigenvalue weighted by molar-refractivity contribution is -0.135. The van der Waals surface area contributed by atoms with Crippen molar-refractivity contribution in [3.05, 3.63) is 83.2 Å². The minimum atomic E-state index is -0.460. The number of benzene rings is 2. The molecule has 1 fully saturated rings. The monoisotopic (exact) mass is 469 g/mol. The van der Waals surface area contributed by atoms with Gasteiger partial charge in [-0.05, 0) is 56.0 Å². The maximum Gasteiger partial charge on any atom is 0.312 e. The Bertz CT molecular complexity index is 1280. The van der Waals surface area contributed by atoms with Crippen LogP contribution in [0.5, 0.6) is 17.2 Å². The van der Waals surface area contributed by atoms with Crippen LogP contribution in [0.2, 0.25) is 0 Å². The molecule has 6 heteroatoms. The lowest BCUT2D eigenvalue weighted by Gasteiger charge is -2.42. The summed E-state index contributed by atoms with van der Waals surface area (Å²) < 4.78 is 18.6. The molecule has 178 valence electrons. The Morgan fingerprint density at radius 3 is 2.63 bits per heavy atom. The first-order valence-electron chi connectivity index (χ1n) is 12.3. The Balaban J connectivity index is 1.42. The Hall–Kier alpha value is -3.67. The number of Topliss-reactive ketones (excluding diaryl/α,β-unsaturated/α-hetero) is 1. The number of para-hydroxylation sites is 1. The molecule has 1 aromatic heterocycles. The normalized spacial score (nSPS) is 20.4. The molecule has 0 amide bonds. The van der Waals surface area contributed by atoms with Crippen LogP contribution in [-0.2, 0) is 11.4 Å². The smallest absolute Gasteiger partial charge is 0.312 e. The van der Waals surface area contributed by atoms with Crippen molar-refractivity contribution in [3.63, 3.8) is 0 Å². The third-order valence-electron chi connectivity index (χ3n) is 7.36. The van der Waals surface area contributed by atoms with E-state index in [2.05, 4.69) is 4.98 Å². The van der Waals surface area contributed by atoms with Gasteiger partial charge >= 0.3 is 5.97 Å². The Labute approximate surface area is 204 Å². The molecule has 3 aliphatic rings. The van der Waals surface area contributed by atoms with Gasteiger partial charge in [-0.3, -0.25) is 14.6 Å². The summed E-state index contributed by atoms with van der Waals surface area (Å²) in [6, 6.07) is 16.9. The number of rotatable bonds is 4. The molecule has 1 spiro atoms. The van der Waals surface area contributed by atoms with Crippen LogP contribution in [0.3, 0.4) is 0 Å². The summed E-state index contributed by atoms with van der Waals surface area (Å²) in [4.78, 5) is 30.2. The summed E-state index contributed by atoms with van der Waals surface area (Å²) in [5.41, 5.74) is 2.58. The molecule has 1 saturated carbocycles. The van der Waals surface area contributed by atoms with Crippen molar-refractivity contribution in [3.8, 4) is 17.2 Å². The molecule has 0 N–H and O–H groups in total. The number of carbonyl (C=O) groups is 2. The van der Waals surface area contributed by atoms with Crippen molar-refractivity contribution >= 4 is 11.8 Å². The van der Waals surface area contributed by atoms with Crippen LogP contribution in [-0.4, -0.2) is 22.3 Å². The van der Waals surface area contributed by atoms with Crippen molar-refractivity contribution in [2.24, 2.45) is 0 Å². The summed E-state index contributed by atoms with van der Waals surface area (Å²) in [6.07, 6.45) is 7.32. The molecule has 35 heavy (non-hydrogen) atoms. The van der Waals surface area contributed by atoms with E-state index in [0.29, 0.717) is 35.8 Å². The van der Waals surface area contributed by atoms with E-state index >= 15 is 0 Å². The highest BCUT2D eigenvalue weighted by molar-refractivity contribution is 6.01. The molecular formula is C29H27NO5. The third kappa shape index (κ3) is 4.07. The zero-order valence-corrected chi connectivity index (χ0v) is 19.5. The maximum atomic E-state index is 13.3. The van der Waals surface area contributed by atoms with Gasteiger partial charge < -0.3 is 14.2 Å². The lowest BCUT2D eigenvalue weighted by Crippen LogP contribution is -2.44. The van der Waals surface area contributed by atoms with Gasteiger partial charge in [0.05, 0.1) is 24.1 Å². The van der Waals surface area contributed by atoms with E-state index in [1.165, 1.54) is 6.42 Å². The molecule has 0 bridgehead atoms. The van der Waals surface area contributed by atoms with E-state index in [4.69, 9.17) is 14.2 Å². The second-order valence-electron chi connectivity index (χ2n) is 9.68. The van der Waals surface area contributed by atoms with Gasteiger partial charge in [0.1, 0.15) is 29.5 Å². The summed E-state index contributed by atoms with van der Waals surface area (Å²) >= 11 is 0. The fourth-order valence-electron chi connectivity index (χ4n) is 5.68. The molecular weight excluding hydrogens is 442 g/mol. The number of carbonyl (C=O) groups excluding carboxylic acids is 2. The number of hydrogen-bond acceptors (Lipinski definition) is 6. The van der Waals surface area contributed by atoms with E-state index in [1.54, 1.807) is 18.3 Å². The molecule has 0 saturated heterocycles. The van der Waals surface area contributed by atoms with E-state index in [0.717, 1.165) is 42.5 Å². The first kappa shape index (κ1) is 21.8. The van der Waals surface area contributed by atoms with Gasteiger partial charge in [0.2, 0.25) is 0 Å². The number of fused-ring (bicyclic) bond motifs is 3. The minimum absolute atomic E-state index is 0.103. The van der Waals surface area contributed by atoms with E-state index in [1.807, 2.05) is 42.5 Å². The number of aromatic nitrogens is 1. The summed E-state index contributed by atoms with van der Waals surface area (Å²) in [7, 11) is 0. The van der Waals surface area contributed by atoms with Crippen LogP contribution in [0.25, 0.3) is 0 Å². The molecule has 6 nitrogen and oxygen atoms in total. The first-order chi connectivity index (χ1) is 17.1. The van der Waals surface area contributed by atoms with Crippen LogP contribution in [0.15, 0.2) is 60.8 Å². The predicted octanol–water partition coefficient (Wildman–Crippen LogP) is 5.77. The average Bonchev–Trinajstić information content (AvgIpc) is 2.88. The number of pyridine rings is 1. The van der Waals surface area contributed by atoms with Crippen molar-refractivity contribution in [2.75, 3.05) is 0 Å². The molecule has 3 heterocycles. The van der Waals surface area contributed by atoms with Gasteiger partial charge in [0, 0.05) is 23.2 Å². The number of hydrogen-bond donors (Lipinski definition) is 0. The Morgan fingerprint density at radius 1 is 0.971 bits per heavy atom. The highest BCUT2D eigenvalue weighted by Gasteiger charge is 2.45. The number of ketones is 1. The Kier molecular flexibility index (Phi) is 5.51. The highest BCUT2D eigenvalue weighted by Crippen LogP contribution is 2.52. The standard InChI is InChI=1S/C29H27NO5/c31-23-17-29(13-5-1-6-14-29)35-28-21(23)11-12-25-27(28)22(16-26(32)34-25)20-9-2-3-10-24(20)33-18-19-8-4-7-15-30-19/h2-4,7-12,15,22H,1,5-6,13-14,16-18H2/t22-/m1/s1. The van der Waals surface area contributed by atoms with Gasteiger partial charge in [-0.1, -0.05) is 30.7 Å². The third-order valence-corrected chi connectivity index (χ3v) is 7.36. The summed E-state index contributed by atoms with van der Waals surface area (Å²) in [5.74, 6) is 1.18. The fourth-order valence-corrected chi connectivity index (χ4v) is 5.68. The number of ether oxygens (including phenoxy) is 3. The molecule has 1 aliphatic carbocycles. The molecule has 2 aliphatic heterocycles. The van der Waals surface area contributed by atoms with E-state index in [9.17, 15) is 9.59 Å². The summed E-state index contributed by atoms with van der Waals surface area (Å²) in [5, 5.41) is 0. The lowest BCUT2D eigenvalue weighted by atomic mass is 9.76. The predicted molar refractivity (Wildman–Crippen MR) is 129 cm³/mol. The molecule has 2 aromatic carbocycles. The molecule has 1 atom stereocenters. The topological polar surface area (TPSA) is 74.7 Å². The number of nitrogens with zero attached hydrogens (tertiary/aromatic N) is 1. The average molecular weight is 470 g/mol. The molecule has 6 rings (SSSR count). The molecule has 0 unspecified atom stereocenters. The van der Waals surface area contributed by atoms with Crippen LogP contribution >= 0.6 is 0 Å². The van der Waals surface area contributed by atoms with Gasteiger partial charge in [0.15, 0.2) is 5.78 Å². The zero-order chi connectivity index (χ0) is 23.8. The van der Waals surface area contributed by atoms with Crippen LogP contribution in [0.4, 0.5) is 0 Å². The SMILES string of the molecule is O=C1C[C@H](c2ccccc2OCc2ccccn2)c2c(ccc3c2OC2(CCCCC2)CC3=O)O1. The van der Waals surface area contributed by atoms with E-state index < -0.39 is 5.60 Å². The molecule has 3 aromatic rings. The van der Waals surface area contributed by atoms with Crippen molar-refractivity contribution in [1.82, 2.24) is 4.98 Å². The van der Waals surface area contributed by atoms with Gasteiger partial charge in [-0.25, -0.2) is 0 Å². The van der Waals surface area contributed by atoms with Gasteiger partial charge in [-0.15, -0.1) is 0 Å². The number of esters is 1. The van der Waals surface area contributed by atoms with Gasteiger partial charge in [0.25, 0.3) is 0 Å². The van der Waals surface area contributed by atoms with Crippen LogP contribution < -0.4 is 14.2 Å². The second kappa shape index (κ2) is 8.84. The quantitative estimate of drug-likeness (QED) is 0.357. The van der Waals surface area contributed by atoms with Crippen molar-refractivity contribution < 1.29 is 23.8 Å². The second-order valence-corrected chi connectivity index (χ2v) is 9.68. The largest absolute Gasteiger partial charge is 0.487 e. The Morgan fingerprint density at radius 2 is 1.80 bits per heavy atom. The maximum absolute atomic E-state index is 13.3. The van der Waals surface area contributed by atoms with Crippen LogP contribution in [0.1, 0.15) is 78.0 Å².